The molecule has 2 N–H and O–H groups in total. The fraction of sp³-hybridized carbons (Fsp3) is 0.455. The quantitative estimate of drug-likeness (QED) is 0.770. The smallest absolute Gasteiger partial charge is 0.247 e. The number of aryl methyl sites for hydroxylation is 1. The maximum absolute atomic E-state index is 12.4. The molecule has 6 nitrogen and oxygen atoms in total. The van der Waals surface area contributed by atoms with Gasteiger partial charge in [0, 0.05) is 37.3 Å². The van der Waals surface area contributed by atoms with E-state index >= 15 is 0 Å². The van der Waals surface area contributed by atoms with Gasteiger partial charge in [-0.15, -0.1) is 0 Å². The molecule has 28 heavy (non-hydrogen) atoms. The lowest BCUT2D eigenvalue weighted by Crippen LogP contribution is -2.53. The Labute approximate surface area is 165 Å². The Morgan fingerprint density at radius 2 is 1.96 bits per heavy atom. The number of carbonyl (C=O) groups is 1. The predicted molar refractivity (Wildman–Crippen MR) is 109 cm³/mol. The van der Waals surface area contributed by atoms with Crippen molar-refractivity contribution in [3.63, 3.8) is 0 Å². The maximum Gasteiger partial charge on any atom is 0.247 e. The molecular weight excluding hydrogens is 354 g/mol. The van der Waals surface area contributed by atoms with Crippen LogP contribution in [0.25, 0.3) is 0 Å². The van der Waals surface area contributed by atoms with Gasteiger partial charge in [0.05, 0.1) is 7.11 Å². The van der Waals surface area contributed by atoms with E-state index in [0.717, 1.165) is 37.2 Å². The molecule has 1 fully saturated rings. The lowest BCUT2D eigenvalue weighted by Gasteiger charge is -2.39. The summed E-state index contributed by atoms with van der Waals surface area (Å²) in [5.41, 5.74) is 2.09. The number of nitrogens with zero attached hydrogens (tertiary/aromatic N) is 1. The van der Waals surface area contributed by atoms with Crippen molar-refractivity contribution in [1.29, 1.82) is 0 Å². The minimum absolute atomic E-state index is 0.0642. The maximum atomic E-state index is 12.4. The van der Waals surface area contributed by atoms with Crippen LogP contribution in [0.4, 0.5) is 0 Å². The number of H-pyrrole nitrogens is 1. The lowest BCUT2D eigenvalue weighted by atomic mass is 9.96. The Kier molecular flexibility index (Phi) is 6.87. The number of likely N-dealkylation sites (tertiary alicyclic amines) is 1. The van der Waals surface area contributed by atoms with Crippen molar-refractivity contribution in [2.24, 2.45) is 0 Å². The van der Waals surface area contributed by atoms with E-state index in [1.807, 2.05) is 12.1 Å². The van der Waals surface area contributed by atoms with Crippen LogP contribution in [0.1, 0.15) is 37.3 Å². The minimum atomic E-state index is -0.124. The van der Waals surface area contributed by atoms with Crippen LogP contribution in [0.2, 0.25) is 0 Å². The second-order valence-electron chi connectivity index (χ2n) is 7.44. The number of pyridine rings is 1. The van der Waals surface area contributed by atoms with Gasteiger partial charge in [-0.05, 0) is 56.0 Å². The van der Waals surface area contributed by atoms with E-state index in [1.165, 1.54) is 11.6 Å². The van der Waals surface area contributed by atoms with Crippen LogP contribution in [-0.2, 0) is 17.8 Å². The Bertz CT molecular complexity index is 811. The van der Waals surface area contributed by atoms with Gasteiger partial charge in [-0.25, -0.2) is 0 Å². The highest BCUT2D eigenvalue weighted by Crippen LogP contribution is 2.21. The van der Waals surface area contributed by atoms with E-state index in [0.29, 0.717) is 12.8 Å². The summed E-state index contributed by atoms with van der Waals surface area (Å²) in [4.78, 5) is 28.6. The van der Waals surface area contributed by atoms with Crippen molar-refractivity contribution < 1.29 is 9.53 Å². The summed E-state index contributed by atoms with van der Waals surface area (Å²) in [5.74, 6) is 0.928. The van der Waals surface area contributed by atoms with Gasteiger partial charge in [-0.2, -0.15) is 0 Å². The monoisotopic (exact) mass is 383 g/mol. The van der Waals surface area contributed by atoms with E-state index in [1.54, 1.807) is 19.4 Å². The molecule has 0 spiro atoms. The molecule has 1 aliphatic rings. The van der Waals surface area contributed by atoms with E-state index in [4.69, 9.17) is 4.74 Å². The van der Waals surface area contributed by atoms with Crippen molar-refractivity contribution in [2.75, 3.05) is 13.7 Å². The first-order valence-corrected chi connectivity index (χ1v) is 9.89. The third-order valence-corrected chi connectivity index (χ3v) is 5.50. The molecule has 1 amide bonds. The van der Waals surface area contributed by atoms with Gasteiger partial charge < -0.3 is 15.0 Å². The highest BCUT2D eigenvalue weighted by Gasteiger charge is 2.28. The number of methoxy groups -OCH3 is 1. The Hall–Kier alpha value is -2.60. The topological polar surface area (TPSA) is 74.4 Å². The zero-order valence-corrected chi connectivity index (χ0v) is 16.6. The third-order valence-electron chi connectivity index (χ3n) is 5.50. The molecule has 0 aliphatic carbocycles. The Morgan fingerprint density at radius 1 is 1.21 bits per heavy atom. The van der Waals surface area contributed by atoms with Crippen molar-refractivity contribution in [3.8, 4) is 5.75 Å². The largest absolute Gasteiger partial charge is 0.497 e. The van der Waals surface area contributed by atoms with Crippen LogP contribution >= 0.6 is 0 Å². The van der Waals surface area contributed by atoms with Gasteiger partial charge in [0.1, 0.15) is 5.75 Å². The first kappa shape index (κ1) is 20.1. The minimum Gasteiger partial charge on any atom is -0.497 e. The summed E-state index contributed by atoms with van der Waals surface area (Å²) in [6, 6.07) is 11.9. The fourth-order valence-corrected chi connectivity index (χ4v) is 3.73. The zero-order valence-electron chi connectivity index (χ0n) is 16.6. The Balaban J connectivity index is 1.51. The SMILES string of the molecule is COc1ccc(CN2CCCC(NC(=O)CCc3ccc(=O)[nH]c3)C2C)cc1. The van der Waals surface area contributed by atoms with Crippen LogP contribution in [0.5, 0.6) is 5.75 Å². The van der Waals surface area contributed by atoms with Crippen LogP contribution in [0, 0.1) is 0 Å². The molecule has 2 heterocycles. The predicted octanol–water partition coefficient (Wildman–Crippen LogP) is 2.49. The fourth-order valence-electron chi connectivity index (χ4n) is 3.73. The summed E-state index contributed by atoms with van der Waals surface area (Å²) < 4.78 is 5.22. The molecule has 1 aromatic heterocycles. The van der Waals surface area contributed by atoms with Crippen LogP contribution in [-0.4, -0.2) is 41.5 Å². The van der Waals surface area contributed by atoms with Gasteiger partial charge >= 0.3 is 0 Å². The van der Waals surface area contributed by atoms with E-state index < -0.39 is 0 Å². The molecule has 150 valence electrons. The highest BCUT2D eigenvalue weighted by atomic mass is 16.5. The van der Waals surface area contributed by atoms with E-state index in [-0.39, 0.29) is 23.6 Å². The number of ether oxygens (including phenoxy) is 1. The van der Waals surface area contributed by atoms with Crippen LogP contribution in [0.3, 0.4) is 0 Å². The molecule has 2 unspecified atom stereocenters. The van der Waals surface area contributed by atoms with Gasteiger partial charge in [0.15, 0.2) is 0 Å². The number of rotatable bonds is 7. The van der Waals surface area contributed by atoms with Gasteiger partial charge in [0.25, 0.3) is 0 Å². The molecule has 1 saturated heterocycles. The number of aromatic amines is 1. The van der Waals surface area contributed by atoms with Crippen molar-refractivity contribution in [3.05, 3.63) is 64.1 Å². The third kappa shape index (κ3) is 5.45. The van der Waals surface area contributed by atoms with Crippen molar-refractivity contribution in [2.45, 2.75) is 51.2 Å². The summed E-state index contributed by atoms with van der Waals surface area (Å²) in [7, 11) is 1.67. The van der Waals surface area contributed by atoms with Crippen molar-refractivity contribution in [1.82, 2.24) is 15.2 Å². The molecule has 6 heteroatoms. The zero-order chi connectivity index (χ0) is 19.9. The number of piperidine rings is 1. The summed E-state index contributed by atoms with van der Waals surface area (Å²) >= 11 is 0. The van der Waals surface area contributed by atoms with Crippen LogP contribution in [0.15, 0.2) is 47.4 Å². The number of nitrogens with one attached hydrogen (secondary N) is 2. The second-order valence-corrected chi connectivity index (χ2v) is 7.44. The number of hydrogen-bond acceptors (Lipinski definition) is 4. The average molecular weight is 383 g/mol. The molecule has 0 radical (unpaired) electrons. The second kappa shape index (κ2) is 9.55. The Morgan fingerprint density at radius 3 is 2.64 bits per heavy atom. The van der Waals surface area contributed by atoms with Gasteiger partial charge in [-0.1, -0.05) is 18.2 Å². The highest BCUT2D eigenvalue weighted by molar-refractivity contribution is 5.76. The summed E-state index contributed by atoms with van der Waals surface area (Å²) in [6.07, 6.45) is 4.80. The molecule has 1 aromatic carbocycles. The molecule has 0 saturated carbocycles. The molecule has 2 atom stereocenters. The number of aromatic nitrogens is 1. The first-order chi connectivity index (χ1) is 13.5. The van der Waals surface area contributed by atoms with E-state index in [2.05, 4.69) is 34.3 Å². The average Bonchev–Trinajstić information content (AvgIpc) is 2.71. The molecular formula is C22H29N3O3. The van der Waals surface area contributed by atoms with Crippen molar-refractivity contribution >= 4 is 5.91 Å². The molecule has 3 rings (SSSR count). The normalized spacial score (nSPS) is 19.9. The summed E-state index contributed by atoms with van der Waals surface area (Å²) in [6.45, 7) is 4.10. The summed E-state index contributed by atoms with van der Waals surface area (Å²) in [5, 5.41) is 3.21. The first-order valence-electron chi connectivity index (χ1n) is 9.89. The standard InChI is InChI=1S/C22H29N3O3/c1-16-20(24-22(27)12-8-17-7-11-21(26)23-14-17)4-3-13-25(16)15-18-5-9-19(28-2)10-6-18/h5-7,9-11,14,16,20H,3-4,8,12-13,15H2,1-2H3,(H,23,26)(H,24,27). The molecule has 2 aromatic rings. The van der Waals surface area contributed by atoms with Gasteiger partial charge in [-0.3, -0.25) is 14.5 Å². The number of carbonyl (C=O) groups excluding carboxylic acids is 1. The molecule has 1 aliphatic heterocycles. The number of hydrogen-bond donors (Lipinski definition) is 2. The number of benzene rings is 1. The lowest BCUT2D eigenvalue weighted by molar-refractivity contribution is -0.122. The molecule has 0 bridgehead atoms. The van der Waals surface area contributed by atoms with Crippen LogP contribution < -0.4 is 15.6 Å². The van der Waals surface area contributed by atoms with Gasteiger partial charge in [0.2, 0.25) is 11.5 Å². The van der Waals surface area contributed by atoms with E-state index in [9.17, 15) is 9.59 Å². The number of amides is 1.